The molecule has 0 saturated carbocycles. The van der Waals surface area contributed by atoms with Gasteiger partial charge in [-0.25, -0.2) is 0 Å². The first-order valence-electron chi connectivity index (χ1n) is 4.47. The van der Waals surface area contributed by atoms with Gasteiger partial charge in [-0.3, -0.25) is 9.78 Å². The molecule has 0 fully saturated rings. The first-order chi connectivity index (χ1) is 7.24. The van der Waals surface area contributed by atoms with E-state index in [9.17, 15) is 4.79 Å². The molecular formula is C11H9ClN2O. The molecule has 0 bridgehead atoms. The smallest absolute Gasteiger partial charge is 0.153 e. The van der Waals surface area contributed by atoms with E-state index in [4.69, 9.17) is 11.6 Å². The summed E-state index contributed by atoms with van der Waals surface area (Å²) in [7, 11) is 0. The summed E-state index contributed by atoms with van der Waals surface area (Å²) < 4.78 is 0. The number of pyridine rings is 1. The Morgan fingerprint density at radius 1 is 1.53 bits per heavy atom. The fourth-order valence-corrected chi connectivity index (χ4v) is 1.80. The molecule has 0 aromatic carbocycles. The van der Waals surface area contributed by atoms with Crippen molar-refractivity contribution in [2.45, 2.75) is 6.92 Å². The van der Waals surface area contributed by atoms with Gasteiger partial charge in [0.25, 0.3) is 0 Å². The van der Waals surface area contributed by atoms with Crippen molar-refractivity contribution >= 4 is 17.9 Å². The van der Waals surface area contributed by atoms with Gasteiger partial charge < -0.3 is 4.98 Å². The lowest BCUT2D eigenvalue weighted by Gasteiger charge is -1.97. The van der Waals surface area contributed by atoms with Crippen LogP contribution in [0.5, 0.6) is 0 Å². The summed E-state index contributed by atoms with van der Waals surface area (Å²) in [5.41, 5.74) is 2.90. The van der Waals surface area contributed by atoms with Gasteiger partial charge in [-0.1, -0.05) is 11.6 Å². The van der Waals surface area contributed by atoms with Crippen molar-refractivity contribution in [3.05, 3.63) is 40.8 Å². The molecule has 1 N–H and O–H groups in total. The van der Waals surface area contributed by atoms with Crippen LogP contribution in [0.25, 0.3) is 11.3 Å². The van der Waals surface area contributed by atoms with E-state index >= 15 is 0 Å². The minimum atomic E-state index is 0.454. The second-order valence-electron chi connectivity index (χ2n) is 3.21. The van der Waals surface area contributed by atoms with Crippen molar-refractivity contribution in [2.75, 3.05) is 0 Å². The number of carbonyl (C=O) groups is 1. The van der Waals surface area contributed by atoms with Crippen molar-refractivity contribution in [3.8, 4) is 11.3 Å². The van der Waals surface area contributed by atoms with Crippen LogP contribution >= 0.6 is 11.6 Å². The molecule has 2 aromatic heterocycles. The number of halogens is 1. The minimum absolute atomic E-state index is 0.454. The molecule has 3 nitrogen and oxygen atoms in total. The molecule has 0 spiro atoms. The molecule has 0 aliphatic carbocycles. The van der Waals surface area contributed by atoms with Gasteiger partial charge in [0.05, 0.1) is 16.3 Å². The summed E-state index contributed by atoms with van der Waals surface area (Å²) in [4.78, 5) is 17.8. The van der Waals surface area contributed by atoms with Crippen LogP contribution in [0.3, 0.4) is 0 Å². The van der Waals surface area contributed by atoms with E-state index in [2.05, 4.69) is 9.97 Å². The van der Waals surface area contributed by atoms with E-state index in [1.54, 1.807) is 12.4 Å². The predicted molar refractivity (Wildman–Crippen MR) is 59.2 cm³/mol. The lowest BCUT2D eigenvalue weighted by molar-refractivity contribution is 0.112. The second kappa shape index (κ2) is 3.87. The Kier molecular flexibility index (Phi) is 2.56. The topological polar surface area (TPSA) is 45.8 Å². The van der Waals surface area contributed by atoms with Gasteiger partial charge in [0.1, 0.15) is 0 Å². The van der Waals surface area contributed by atoms with Gasteiger partial charge in [-0.2, -0.15) is 0 Å². The van der Waals surface area contributed by atoms with Crippen molar-refractivity contribution in [1.29, 1.82) is 0 Å². The summed E-state index contributed by atoms with van der Waals surface area (Å²) in [6.45, 7) is 1.81. The molecular weight excluding hydrogens is 212 g/mol. The third kappa shape index (κ3) is 1.66. The Bertz CT molecular complexity index is 491. The lowest BCUT2D eigenvalue weighted by atomic mass is 10.2. The van der Waals surface area contributed by atoms with Crippen LogP contribution in [0.2, 0.25) is 5.02 Å². The first-order valence-corrected chi connectivity index (χ1v) is 4.85. The summed E-state index contributed by atoms with van der Waals surface area (Å²) >= 11 is 6.07. The zero-order valence-corrected chi connectivity index (χ0v) is 8.88. The number of hydrogen-bond acceptors (Lipinski definition) is 2. The number of rotatable bonds is 2. The van der Waals surface area contributed by atoms with Gasteiger partial charge in [0.15, 0.2) is 6.29 Å². The third-order valence-electron chi connectivity index (χ3n) is 2.24. The molecule has 2 aromatic rings. The fraction of sp³-hybridized carbons (Fsp3) is 0.0909. The van der Waals surface area contributed by atoms with Gasteiger partial charge >= 0.3 is 0 Å². The standard InChI is InChI=1S/C11H9ClN2O/c1-7-9(6-15)10(12)11(14-7)8-3-2-4-13-5-8/h2-6,14H,1H3. The number of aromatic nitrogens is 2. The number of nitrogens with zero attached hydrogens (tertiary/aromatic N) is 1. The highest BCUT2D eigenvalue weighted by Crippen LogP contribution is 2.30. The van der Waals surface area contributed by atoms with E-state index in [0.717, 1.165) is 23.2 Å². The quantitative estimate of drug-likeness (QED) is 0.791. The monoisotopic (exact) mass is 220 g/mol. The number of nitrogens with one attached hydrogen (secondary N) is 1. The Balaban J connectivity index is 2.60. The van der Waals surface area contributed by atoms with E-state index in [0.29, 0.717) is 10.6 Å². The predicted octanol–water partition coefficient (Wildman–Crippen LogP) is 2.85. The maximum atomic E-state index is 10.8. The van der Waals surface area contributed by atoms with Crippen LogP contribution in [0.1, 0.15) is 16.1 Å². The van der Waals surface area contributed by atoms with Crippen LogP contribution in [-0.4, -0.2) is 16.3 Å². The number of aryl methyl sites for hydroxylation is 1. The Morgan fingerprint density at radius 2 is 2.33 bits per heavy atom. The normalized spacial score (nSPS) is 10.3. The summed E-state index contributed by atoms with van der Waals surface area (Å²) in [5.74, 6) is 0. The molecule has 2 rings (SSSR count). The number of carbonyl (C=O) groups excluding carboxylic acids is 1. The highest BCUT2D eigenvalue weighted by molar-refractivity contribution is 6.35. The van der Waals surface area contributed by atoms with E-state index < -0.39 is 0 Å². The van der Waals surface area contributed by atoms with Crippen molar-refractivity contribution in [2.24, 2.45) is 0 Å². The van der Waals surface area contributed by atoms with Crippen molar-refractivity contribution in [3.63, 3.8) is 0 Å². The highest BCUT2D eigenvalue weighted by atomic mass is 35.5. The van der Waals surface area contributed by atoms with Gasteiger partial charge in [-0.05, 0) is 19.1 Å². The Morgan fingerprint density at radius 3 is 2.87 bits per heavy atom. The van der Waals surface area contributed by atoms with Gasteiger partial charge in [0, 0.05) is 23.7 Å². The van der Waals surface area contributed by atoms with Crippen LogP contribution in [0.4, 0.5) is 0 Å². The number of aldehydes is 1. The largest absolute Gasteiger partial charge is 0.357 e. The maximum Gasteiger partial charge on any atom is 0.153 e. The van der Waals surface area contributed by atoms with Gasteiger partial charge in [0.2, 0.25) is 0 Å². The zero-order chi connectivity index (χ0) is 10.8. The van der Waals surface area contributed by atoms with E-state index in [1.807, 2.05) is 19.1 Å². The molecule has 0 unspecified atom stereocenters. The molecule has 0 atom stereocenters. The molecule has 4 heteroatoms. The molecule has 0 saturated heterocycles. The average Bonchev–Trinajstić information content (AvgIpc) is 2.55. The summed E-state index contributed by atoms with van der Waals surface area (Å²) in [6.07, 6.45) is 4.15. The molecule has 0 radical (unpaired) electrons. The molecule has 0 aliphatic rings. The maximum absolute atomic E-state index is 10.8. The molecule has 76 valence electrons. The summed E-state index contributed by atoms with van der Waals surface area (Å²) in [5, 5.41) is 0.454. The number of aromatic amines is 1. The molecule has 15 heavy (non-hydrogen) atoms. The zero-order valence-electron chi connectivity index (χ0n) is 8.12. The molecule has 2 heterocycles. The molecule has 0 amide bonds. The van der Waals surface area contributed by atoms with Crippen LogP contribution in [-0.2, 0) is 0 Å². The lowest BCUT2D eigenvalue weighted by Crippen LogP contribution is -1.79. The number of H-pyrrole nitrogens is 1. The number of hydrogen-bond donors (Lipinski definition) is 1. The van der Waals surface area contributed by atoms with Crippen molar-refractivity contribution in [1.82, 2.24) is 9.97 Å². The van der Waals surface area contributed by atoms with Crippen LogP contribution < -0.4 is 0 Å². The minimum Gasteiger partial charge on any atom is -0.357 e. The molecule has 0 aliphatic heterocycles. The summed E-state index contributed by atoms with van der Waals surface area (Å²) in [6, 6.07) is 3.71. The average molecular weight is 221 g/mol. The Labute approximate surface area is 92.1 Å². The second-order valence-corrected chi connectivity index (χ2v) is 3.59. The van der Waals surface area contributed by atoms with Crippen LogP contribution in [0.15, 0.2) is 24.5 Å². The SMILES string of the molecule is Cc1[nH]c(-c2cccnc2)c(Cl)c1C=O. The fourth-order valence-electron chi connectivity index (χ4n) is 1.46. The highest BCUT2D eigenvalue weighted by Gasteiger charge is 2.13. The van der Waals surface area contributed by atoms with E-state index in [1.165, 1.54) is 0 Å². The van der Waals surface area contributed by atoms with Gasteiger partial charge in [-0.15, -0.1) is 0 Å². The van der Waals surface area contributed by atoms with Crippen LogP contribution in [0, 0.1) is 6.92 Å². The van der Waals surface area contributed by atoms with E-state index in [-0.39, 0.29) is 0 Å². The van der Waals surface area contributed by atoms with Crippen molar-refractivity contribution < 1.29 is 4.79 Å². The Hall–Kier alpha value is -1.61. The first kappa shape index (κ1) is 9.93. The third-order valence-corrected chi connectivity index (χ3v) is 2.63.